The molecule has 1 amide bonds. The van der Waals surface area contributed by atoms with Crippen molar-refractivity contribution in [2.24, 2.45) is 0 Å². The third-order valence-corrected chi connectivity index (χ3v) is 5.51. The van der Waals surface area contributed by atoms with Crippen LogP contribution in [0.4, 0.5) is 5.69 Å². The molecular formula is C13H17N3O4S. The number of benzene rings is 1. The van der Waals surface area contributed by atoms with Crippen LogP contribution in [0.3, 0.4) is 0 Å². The minimum absolute atomic E-state index is 0.172. The summed E-state index contributed by atoms with van der Waals surface area (Å²) in [4.78, 5) is 11.9. The van der Waals surface area contributed by atoms with Crippen molar-refractivity contribution >= 4 is 21.8 Å². The Morgan fingerprint density at radius 3 is 2.52 bits per heavy atom. The second-order valence-electron chi connectivity index (χ2n) is 4.99. The van der Waals surface area contributed by atoms with Gasteiger partial charge in [0.1, 0.15) is 0 Å². The number of hydrogen-bond acceptors (Lipinski definition) is 4. The number of hydrogen-bond donors (Lipinski definition) is 1. The summed E-state index contributed by atoms with van der Waals surface area (Å²) in [5.41, 5.74) is 1.46. The lowest BCUT2D eigenvalue weighted by Crippen LogP contribution is -2.49. The normalized spacial score (nSPS) is 21.4. The average molecular weight is 311 g/mol. The second kappa shape index (κ2) is 5.72. The number of nitrogens with one attached hydrogen (secondary N) is 1. The number of anilines is 1. The summed E-state index contributed by atoms with van der Waals surface area (Å²) in [5.74, 6) is -0.322. The highest BCUT2D eigenvalue weighted by atomic mass is 32.2. The van der Waals surface area contributed by atoms with Crippen LogP contribution in [0.15, 0.2) is 24.3 Å². The van der Waals surface area contributed by atoms with Crippen LogP contribution in [0.5, 0.6) is 0 Å². The predicted molar refractivity (Wildman–Crippen MR) is 76.8 cm³/mol. The van der Waals surface area contributed by atoms with E-state index >= 15 is 0 Å². The standard InChI is InChI=1S/C13H17N3O4S/c17-13-10-16(9-11-3-1-2-4-12(11)14-13)21(18,19)15-5-7-20-8-6-15/h1-4H,5-10H2,(H,14,17). The summed E-state index contributed by atoms with van der Waals surface area (Å²) < 4.78 is 33.1. The highest BCUT2D eigenvalue weighted by Gasteiger charge is 2.34. The molecule has 8 heteroatoms. The Hall–Kier alpha value is -1.48. The number of fused-ring (bicyclic) bond motifs is 1. The van der Waals surface area contributed by atoms with Gasteiger partial charge in [0.25, 0.3) is 10.2 Å². The first kappa shape index (κ1) is 14.5. The lowest BCUT2D eigenvalue weighted by molar-refractivity contribution is -0.116. The molecule has 114 valence electrons. The number of carbonyl (C=O) groups is 1. The van der Waals surface area contributed by atoms with Crippen LogP contribution in [0, 0.1) is 0 Å². The van der Waals surface area contributed by atoms with Gasteiger partial charge in [-0.3, -0.25) is 4.79 Å². The number of morpholine rings is 1. The van der Waals surface area contributed by atoms with Crippen LogP contribution < -0.4 is 5.32 Å². The molecule has 1 aromatic rings. The Morgan fingerprint density at radius 2 is 1.76 bits per heavy atom. The van der Waals surface area contributed by atoms with Gasteiger partial charge in [0.15, 0.2) is 0 Å². The maximum Gasteiger partial charge on any atom is 0.282 e. The van der Waals surface area contributed by atoms with Gasteiger partial charge in [-0.15, -0.1) is 0 Å². The minimum Gasteiger partial charge on any atom is -0.379 e. The molecule has 1 aromatic carbocycles. The fourth-order valence-corrected chi connectivity index (χ4v) is 4.00. The number of ether oxygens (including phenoxy) is 1. The van der Waals surface area contributed by atoms with Gasteiger partial charge in [-0.25, -0.2) is 0 Å². The van der Waals surface area contributed by atoms with E-state index in [4.69, 9.17) is 4.74 Å². The summed E-state index contributed by atoms with van der Waals surface area (Å²) in [6.07, 6.45) is 0. The molecule has 0 aliphatic carbocycles. The molecule has 2 aliphatic heterocycles. The zero-order valence-corrected chi connectivity index (χ0v) is 12.3. The molecule has 1 fully saturated rings. The molecular weight excluding hydrogens is 294 g/mol. The van der Waals surface area contributed by atoms with Gasteiger partial charge < -0.3 is 10.1 Å². The molecule has 0 atom stereocenters. The highest BCUT2D eigenvalue weighted by Crippen LogP contribution is 2.23. The van der Waals surface area contributed by atoms with Crippen LogP contribution in [-0.2, 0) is 26.3 Å². The van der Waals surface area contributed by atoms with Crippen LogP contribution in [0.2, 0.25) is 0 Å². The SMILES string of the molecule is O=C1CN(S(=O)(=O)N2CCOCC2)Cc2ccccc2N1. The fourth-order valence-electron chi connectivity index (χ4n) is 2.48. The molecule has 0 bridgehead atoms. The summed E-state index contributed by atoms with van der Waals surface area (Å²) in [6.45, 7) is 1.43. The molecule has 0 saturated carbocycles. The van der Waals surface area contributed by atoms with E-state index in [0.717, 1.165) is 5.56 Å². The van der Waals surface area contributed by atoms with Crippen molar-refractivity contribution < 1.29 is 17.9 Å². The molecule has 2 heterocycles. The van der Waals surface area contributed by atoms with Gasteiger partial charge in [-0.1, -0.05) is 18.2 Å². The number of rotatable bonds is 2. The Kier molecular flexibility index (Phi) is 3.94. The number of para-hydroxylation sites is 1. The van der Waals surface area contributed by atoms with Crippen LogP contribution in [0.1, 0.15) is 5.56 Å². The molecule has 3 rings (SSSR count). The quantitative estimate of drug-likeness (QED) is 0.835. The van der Waals surface area contributed by atoms with E-state index in [1.165, 1.54) is 8.61 Å². The van der Waals surface area contributed by atoms with Crippen molar-refractivity contribution in [3.05, 3.63) is 29.8 Å². The summed E-state index contributed by atoms with van der Waals surface area (Å²) in [5, 5.41) is 2.74. The molecule has 0 aromatic heterocycles. The van der Waals surface area contributed by atoms with Gasteiger partial charge in [0.05, 0.1) is 19.8 Å². The molecule has 0 spiro atoms. The first-order chi connectivity index (χ1) is 10.1. The zero-order valence-electron chi connectivity index (χ0n) is 11.5. The van der Waals surface area contributed by atoms with E-state index in [1.807, 2.05) is 18.2 Å². The van der Waals surface area contributed by atoms with Crippen molar-refractivity contribution in [1.29, 1.82) is 0 Å². The van der Waals surface area contributed by atoms with Crippen molar-refractivity contribution in [3.63, 3.8) is 0 Å². The Labute approximate surface area is 123 Å². The van der Waals surface area contributed by atoms with Crippen molar-refractivity contribution in [2.45, 2.75) is 6.54 Å². The van der Waals surface area contributed by atoms with E-state index in [0.29, 0.717) is 32.0 Å². The lowest BCUT2D eigenvalue weighted by atomic mass is 10.2. The van der Waals surface area contributed by atoms with E-state index in [2.05, 4.69) is 5.32 Å². The third kappa shape index (κ3) is 2.93. The van der Waals surface area contributed by atoms with Gasteiger partial charge in [0.2, 0.25) is 5.91 Å². The zero-order chi connectivity index (χ0) is 14.9. The van der Waals surface area contributed by atoms with Gasteiger partial charge >= 0.3 is 0 Å². The Balaban J connectivity index is 1.89. The van der Waals surface area contributed by atoms with Gasteiger partial charge in [-0.05, 0) is 11.6 Å². The van der Waals surface area contributed by atoms with Crippen LogP contribution in [0.25, 0.3) is 0 Å². The topological polar surface area (TPSA) is 79.0 Å². The smallest absolute Gasteiger partial charge is 0.282 e. The monoisotopic (exact) mass is 311 g/mol. The first-order valence-electron chi connectivity index (χ1n) is 6.78. The highest BCUT2D eigenvalue weighted by molar-refractivity contribution is 7.86. The third-order valence-electron chi connectivity index (χ3n) is 3.58. The fraction of sp³-hybridized carbons (Fsp3) is 0.462. The summed E-state index contributed by atoms with van der Waals surface area (Å²) >= 11 is 0. The molecule has 1 N–H and O–H groups in total. The second-order valence-corrected chi connectivity index (χ2v) is 6.92. The van der Waals surface area contributed by atoms with E-state index < -0.39 is 10.2 Å². The molecule has 7 nitrogen and oxygen atoms in total. The minimum atomic E-state index is -3.66. The van der Waals surface area contributed by atoms with E-state index in [-0.39, 0.29) is 19.0 Å². The number of nitrogens with zero attached hydrogens (tertiary/aromatic N) is 2. The van der Waals surface area contributed by atoms with Crippen molar-refractivity contribution in [2.75, 3.05) is 38.2 Å². The Bertz CT molecular complexity index is 641. The lowest BCUT2D eigenvalue weighted by Gasteiger charge is -2.31. The average Bonchev–Trinajstić information content (AvgIpc) is 2.66. The molecule has 0 unspecified atom stereocenters. The van der Waals surface area contributed by atoms with Gasteiger partial charge in [0, 0.05) is 25.3 Å². The molecule has 0 radical (unpaired) electrons. The van der Waals surface area contributed by atoms with Crippen LogP contribution >= 0.6 is 0 Å². The van der Waals surface area contributed by atoms with Crippen LogP contribution in [-0.4, -0.2) is 55.8 Å². The maximum atomic E-state index is 12.7. The summed E-state index contributed by atoms with van der Waals surface area (Å²) in [6, 6.07) is 7.24. The summed E-state index contributed by atoms with van der Waals surface area (Å²) in [7, 11) is -3.66. The first-order valence-corrected chi connectivity index (χ1v) is 8.18. The van der Waals surface area contributed by atoms with Gasteiger partial charge in [-0.2, -0.15) is 17.0 Å². The molecule has 1 saturated heterocycles. The van der Waals surface area contributed by atoms with E-state index in [9.17, 15) is 13.2 Å². The van der Waals surface area contributed by atoms with Crippen molar-refractivity contribution in [3.8, 4) is 0 Å². The van der Waals surface area contributed by atoms with E-state index in [1.54, 1.807) is 6.07 Å². The number of carbonyl (C=O) groups excluding carboxylic acids is 1. The number of amides is 1. The Morgan fingerprint density at radius 1 is 1.05 bits per heavy atom. The van der Waals surface area contributed by atoms with Crippen molar-refractivity contribution in [1.82, 2.24) is 8.61 Å². The predicted octanol–water partition coefficient (Wildman–Crippen LogP) is 0.0177. The molecule has 21 heavy (non-hydrogen) atoms. The largest absolute Gasteiger partial charge is 0.379 e. The molecule has 2 aliphatic rings. The maximum absolute atomic E-state index is 12.7.